The van der Waals surface area contributed by atoms with Crippen LogP contribution in [0, 0.1) is 6.92 Å². The molecule has 2 N–H and O–H groups in total. The summed E-state index contributed by atoms with van der Waals surface area (Å²) in [5.74, 6) is 5.07. The van der Waals surface area contributed by atoms with Crippen LogP contribution >= 0.6 is 0 Å². The van der Waals surface area contributed by atoms with Crippen LogP contribution in [0.3, 0.4) is 0 Å². The largest absolute Gasteiger partial charge is 0.304 e. The molecule has 0 aliphatic rings. The summed E-state index contributed by atoms with van der Waals surface area (Å²) < 4.78 is 0. The predicted octanol–water partition coefficient (Wildman–Crippen LogP) is 1.56. The topological polar surface area (TPSA) is 48.1 Å². The van der Waals surface area contributed by atoms with E-state index < -0.39 is 0 Å². The summed E-state index contributed by atoms with van der Waals surface area (Å²) in [6.07, 6.45) is 1.81. The first kappa shape index (κ1) is 10.2. The lowest BCUT2D eigenvalue weighted by Gasteiger charge is -2.23. The molecule has 0 fully saturated rings. The molecular formula is C10H16N2O. The average molecular weight is 180 g/mol. The maximum Gasteiger partial charge on any atom is 0.0770 e. The lowest BCUT2D eigenvalue weighted by molar-refractivity contribution is 0.0964. The minimum atomic E-state index is -0.0531. The fourth-order valence-corrected chi connectivity index (χ4v) is 1.26. The number of rotatable bonds is 3. The minimum Gasteiger partial charge on any atom is -0.304 e. The molecule has 13 heavy (non-hydrogen) atoms. The third-order valence-electron chi connectivity index (χ3n) is 2.12. The van der Waals surface area contributed by atoms with Gasteiger partial charge < -0.3 is 4.84 Å². The summed E-state index contributed by atoms with van der Waals surface area (Å²) in [4.78, 5) is 8.82. The third kappa shape index (κ3) is 2.50. The van der Waals surface area contributed by atoms with Gasteiger partial charge in [0.15, 0.2) is 0 Å². The SMILES string of the molecule is Cc1cc(C(C)(C)CON)ccn1. The zero-order valence-electron chi connectivity index (χ0n) is 8.37. The standard InChI is InChI=1S/C10H16N2O/c1-8-6-9(4-5-12-8)10(2,3)7-13-11/h4-6H,7,11H2,1-3H3. The lowest BCUT2D eigenvalue weighted by atomic mass is 9.86. The monoisotopic (exact) mass is 180 g/mol. The van der Waals surface area contributed by atoms with Gasteiger partial charge in [-0.2, -0.15) is 0 Å². The van der Waals surface area contributed by atoms with Crippen LogP contribution in [-0.4, -0.2) is 11.6 Å². The van der Waals surface area contributed by atoms with Crippen LogP contribution in [0.1, 0.15) is 25.1 Å². The van der Waals surface area contributed by atoms with Gasteiger partial charge in [0.05, 0.1) is 6.61 Å². The first-order valence-electron chi connectivity index (χ1n) is 4.31. The molecule has 1 aromatic rings. The first-order chi connectivity index (χ1) is 6.06. The first-order valence-corrected chi connectivity index (χ1v) is 4.31. The van der Waals surface area contributed by atoms with E-state index in [0.29, 0.717) is 6.61 Å². The zero-order chi connectivity index (χ0) is 9.90. The highest BCUT2D eigenvalue weighted by atomic mass is 16.6. The molecule has 1 heterocycles. The molecule has 1 rings (SSSR count). The highest BCUT2D eigenvalue weighted by Crippen LogP contribution is 2.22. The van der Waals surface area contributed by atoms with Crippen molar-refractivity contribution >= 4 is 0 Å². The second-order valence-electron chi connectivity index (χ2n) is 3.88. The van der Waals surface area contributed by atoms with Crippen molar-refractivity contribution in [2.75, 3.05) is 6.61 Å². The Hall–Kier alpha value is -0.930. The van der Waals surface area contributed by atoms with Gasteiger partial charge >= 0.3 is 0 Å². The summed E-state index contributed by atoms with van der Waals surface area (Å²) in [5, 5.41) is 0. The molecule has 0 aliphatic heterocycles. The van der Waals surface area contributed by atoms with Gasteiger partial charge in [-0.25, -0.2) is 5.90 Å². The van der Waals surface area contributed by atoms with Gasteiger partial charge in [0.2, 0.25) is 0 Å². The van der Waals surface area contributed by atoms with Gasteiger partial charge in [-0.15, -0.1) is 0 Å². The molecular weight excluding hydrogens is 164 g/mol. The summed E-state index contributed by atoms with van der Waals surface area (Å²) in [7, 11) is 0. The Morgan fingerprint density at radius 1 is 1.54 bits per heavy atom. The molecule has 0 aromatic carbocycles. The fraction of sp³-hybridized carbons (Fsp3) is 0.500. The molecule has 0 radical (unpaired) electrons. The molecule has 0 saturated carbocycles. The van der Waals surface area contributed by atoms with Crippen LogP contribution in [0.4, 0.5) is 0 Å². The Morgan fingerprint density at radius 2 is 2.23 bits per heavy atom. The molecule has 0 spiro atoms. The van der Waals surface area contributed by atoms with Crippen molar-refractivity contribution in [3.8, 4) is 0 Å². The van der Waals surface area contributed by atoms with E-state index in [2.05, 4.69) is 29.7 Å². The van der Waals surface area contributed by atoms with Crippen molar-refractivity contribution in [2.24, 2.45) is 5.90 Å². The fourth-order valence-electron chi connectivity index (χ4n) is 1.26. The van der Waals surface area contributed by atoms with Crippen LogP contribution < -0.4 is 5.90 Å². The van der Waals surface area contributed by atoms with Gasteiger partial charge in [-0.3, -0.25) is 4.98 Å². The molecule has 1 aromatic heterocycles. The Kier molecular flexibility index (Phi) is 3.01. The Bertz CT molecular complexity index is 284. The summed E-state index contributed by atoms with van der Waals surface area (Å²) in [6.45, 7) is 6.67. The van der Waals surface area contributed by atoms with Crippen molar-refractivity contribution in [1.82, 2.24) is 4.98 Å². The average Bonchev–Trinajstić information content (AvgIpc) is 2.04. The summed E-state index contributed by atoms with van der Waals surface area (Å²) >= 11 is 0. The van der Waals surface area contributed by atoms with E-state index in [1.165, 1.54) is 5.56 Å². The van der Waals surface area contributed by atoms with Crippen LogP contribution in [0.15, 0.2) is 18.3 Å². The maximum atomic E-state index is 5.07. The molecule has 0 aliphatic carbocycles. The molecule has 3 nitrogen and oxygen atoms in total. The molecule has 0 saturated heterocycles. The van der Waals surface area contributed by atoms with Gasteiger partial charge in [-0.1, -0.05) is 13.8 Å². The van der Waals surface area contributed by atoms with Gasteiger partial charge in [0.25, 0.3) is 0 Å². The molecule has 0 amide bonds. The Labute approximate surface area is 78.9 Å². The van der Waals surface area contributed by atoms with Crippen LogP contribution in [0.5, 0.6) is 0 Å². The van der Waals surface area contributed by atoms with Gasteiger partial charge in [0.1, 0.15) is 0 Å². The third-order valence-corrected chi connectivity index (χ3v) is 2.12. The highest BCUT2D eigenvalue weighted by Gasteiger charge is 2.20. The maximum absolute atomic E-state index is 5.07. The van der Waals surface area contributed by atoms with E-state index in [-0.39, 0.29) is 5.41 Å². The van der Waals surface area contributed by atoms with E-state index in [0.717, 1.165) is 5.69 Å². The van der Waals surface area contributed by atoms with E-state index >= 15 is 0 Å². The van der Waals surface area contributed by atoms with E-state index in [1.807, 2.05) is 19.2 Å². The lowest BCUT2D eigenvalue weighted by Crippen LogP contribution is -2.26. The van der Waals surface area contributed by atoms with Crippen molar-refractivity contribution in [1.29, 1.82) is 0 Å². The van der Waals surface area contributed by atoms with E-state index in [4.69, 9.17) is 5.90 Å². The Morgan fingerprint density at radius 3 is 2.77 bits per heavy atom. The summed E-state index contributed by atoms with van der Waals surface area (Å²) in [5.41, 5.74) is 2.16. The normalized spacial score (nSPS) is 11.7. The molecule has 72 valence electrons. The van der Waals surface area contributed by atoms with Crippen LogP contribution in [-0.2, 0) is 10.3 Å². The number of nitrogens with two attached hydrogens (primary N) is 1. The van der Waals surface area contributed by atoms with Crippen molar-refractivity contribution in [2.45, 2.75) is 26.2 Å². The molecule has 3 heteroatoms. The van der Waals surface area contributed by atoms with Gasteiger partial charge in [-0.05, 0) is 24.6 Å². The minimum absolute atomic E-state index is 0.0531. The number of hydrogen-bond donors (Lipinski definition) is 1. The van der Waals surface area contributed by atoms with Crippen molar-refractivity contribution in [3.05, 3.63) is 29.6 Å². The second-order valence-corrected chi connectivity index (χ2v) is 3.88. The smallest absolute Gasteiger partial charge is 0.0770 e. The van der Waals surface area contributed by atoms with Crippen molar-refractivity contribution < 1.29 is 4.84 Å². The quantitative estimate of drug-likeness (QED) is 0.718. The summed E-state index contributed by atoms with van der Waals surface area (Å²) in [6, 6.07) is 4.05. The molecule has 0 unspecified atom stereocenters. The number of aromatic nitrogens is 1. The zero-order valence-corrected chi connectivity index (χ0v) is 8.37. The number of hydrogen-bond acceptors (Lipinski definition) is 3. The van der Waals surface area contributed by atoms with Crippen LogP contribution in [0.25, 0.3) is 0 Å². The molecule has 0 bridgehead atoms. The number of aryl methyl sites for hydroxylation is 1. The van der Waals surface area contributed by atoms with Crippen LogP contribution in [0.2, 0.25) is 0 Å². The van der Waals surface area contributed by atoms with Crippen molar-refractivity contribution in [3.63, 3.8) is 0 Å². The number of nitrogens with zero attached hydrogens (tertiary/aromatic N) is 1. The predicted molar refractivity (Wildman–Crippen MR) is 52.1 cm³/mol. The number of pyridine rings is 1. The molecule has 0 atom stereocenters. The van der Waals surface area contributed by atoms with E-state index in [1.54, 1.807) is 0 Å². The van der Waals surface area contributed by atoms with E-state index in [9.17, 15) is 0 Å². The highest BCUT2D eigenvalue weighted by molar-refractivity contribution is 5.23. The Balaban J connectivity index is 2.93. The second kappa shape index (κ2) is 3.85. The van der Waals surface area contributed by atoms with Gasteiger partial charge in [0, 0.05) is 17.3 Å².